The van der Waals surface area contributed by atoms with E-state index in [9.17, 15) is 14.7 Å². The first-order valence-electron chi connectivity index (χ1n) is 6.80. The molecule has 1 aromatic rings. The summed E-state index contributed by atoms with van der Waals surface area (Å²) >= 11 is 0. The molecule has 0 aromatic heterocycles. The van der Waals surface area contributed by atoms with E-state index >= 15 is 0 Å². The second kappa shape index (κ2) is 7.52. The Morgan fingerprint density at radius 1 is 1.29 bits per heavy atom. The van der Waals surface area contributed by atoms with Crippen molar-refractivity contribution in [2.24, 2.45) is 5.92 Å². The molecule has 21 heavy (non-hydrogen) atoms. The number of nitrogens with one attached hydrogen (secondary N) is 2. The number of benzene rings is 1. The summed E-state index contributed by atoms with van der Waals surface area (Å²) in [5, 5.41) is 15.0. The number of ether oxygens (including phenoxy) is 1. The average Bonchev–Trinajstić information content (AvgIpc) is 2.44. The van der Waals surface area contributed by atoms with E-state index < -0.39 is 11.9 Å². The van der Waals surface area contributed by atoms with Crippen LogP contribution in [0.3, 0.4) is 0 Å². The zero-order valence-corrected chi connectivity index (χ0v) is 12.8. The molecule has 0 heterocycles. The molecule has 0 radical (unpaired) electrons. The third kappa shape index (κ3) is 4.98. The van der Waals surface area contributed by atoms with E-state index in [0.717, 1.165) is 0 Å². The zero-order valence-electron chi connectivity index (χ0n) is 12.8. The molecular weight excluding hydrogens is 272 g/mol. The van der Waals surface area contributed by atoms with Crippen molar-refractivity contribution < 1.29 is 19.4 Å². The van der Waals surface area contributed by atoms with Crippen LogP contribution >= 0.6 is 0 Å². The summed E-state index contributed by atoms with van der Waals surface area (Å²) in [4.78, 5) is 23.9. The van der Waals surface area contributed by atoms with Gasteiger partial charge in [0.15, 0.2) is 0 Å². The second-order valence-electron chi connectivity index (χ2n) is 5.22. The molecule has 0 spiro atoms. The molecule has 1 aromatic carbocycles. The minimum absolute atomic E-state index is 0.0675. The van der Waals surface area contributed by atoms with Gasteiger partial charge in [0.25, 0.3) is 5.91 Å². The van der Waals surface area contributed by atoms with Crippen molar-refractivity contribution >= 4 is 11.8 Å². The summed E-state index contributed by atoms with van der Waals surface area (Å²) in [5.41, 5.74) is 0.0675. The third-order valence-electron chi connectivity index (χ3n) is 2.87. The minimum atomic E-state index is -0.693. The average molecular weight is 294 g/mol. The molecule has 0 aliphatic heterocycles. The molecule has 1 rings (SSSR count). The molecule has 1 unspecified atom stereocenters. The largest absolute Gasteiger partial charge is 0.507 e. The highest BCUT2D eigenvalue weighted by molar-refractivity contribution is 5.99. The van der Waals surface area contributed by atoms with E-state index in [0.29, 0.717) is 18.2 Å². The van der Waals surface area contributed by atoms with E-state index in [2.05, 4.69) is 10.6 Å². The number of carbonyl (C=O) groups excluding carboxylic acids is 2. The number of phenolic OH excluding ortho intramolecular Hbond substituents is 1. The minimum Gasteiger partial charge on any atom is -0.507 e. The van der Waals surface area contributed by atoms with Crippen LogP contribution < -0.4 is 15.4 Å². The molecular formula is C15H22N2O4. The molecule has 0 fully saturated rings. The molecule has 0 saturated heterocycles. The first-order valence-corrected chi connectivity index (χ1v) is 6.80. The Kier molecular flexibility index (Phi) is 6.02. The van der Waals surface area contributed by atoms with E-state index in [-0.39, 0.29) is 17.2 Å². The first-order chi connectivity index (χ1) is 9.85. The number of hydrogen-bond donors (Lipinski definition) is 3. The van der Waals surface area contributed by atoms with Crippen LogP contribution in [-0.4, -0.2) is 36.6 Å². The molecule has 3 N–H and O–H groups in total. The van der Waals surface area contributed by atoms with Crippen LogP contribution in [0.25, 0.3) is 0 Å². The fraction of sp³-hybridized carbons (Fsp3) is 0.467. The zero-order chi connectivity index (χ0) is 16.0. The Hall–Kier alpha value is -2.24. The Morgan fingerprint density at radius 3 is 2.52 bits per heavy atom. The summed E-state index contributed by atoms with van der Waals surface area (Å²) in [6.07, 6.45) is 0. The topological polar surface area (TPSA) is 87.7 Å². The molecule has 1 atom stereocenters. The van der Waals surface area contributed by atoms with Gasteiger partial charge in [-0.1, -0.05) is 13.8 Å². The van der Waals surface area contributed by atoms with Crippen LogP contribution in [0.5, 0.6) is 11.5 Å². The number of aromatic hydroxyl groups is 1. The molecule has 0 aliphatic carbocycles. The second-order valence-corrected chi connectivity index (χ2v) is 5.22. The van der Waals surface area contributed by atoms with Gasteiger partial charge < -0.3 is 20.5 Å². The van der Waals surface area contributed by atoms with Crippen LogP contribution in [0.1, 0.15) is 31.1 Å². The van der Waals surface area contributed by atoms with Gasteiger partial charge in [-0.15, -0.1) is 0 Å². The Balaban J connectivity index is 2.70. The van der Waals surface area contributed by atoms with E-state index in [1.54, 1.807) is 13.0 Å². The van der Waals surface area contributed by atoms with Crippen LogP contribution in [0.2, 0.25) is 0 Å². The molecule has 0 saturated carbocycles. The van der Waals surface area contributed by atoms with Crippen LogP contribution in [-0.2, 0) is 4.79 Å². The van der Waals surface area contributed by atoms with E-state index in [1.165, 1.54) is 19.2 Å². The van der Waals surface area contributed by atoms with Crippen LogP contribution in [0.4, 0.5) is 0 Å². The highest BCUT2D eigenvalue weighted by atomic mass is 16.5. The van der Waals surface area contributed by atoms with Gasteiger partial charge in [-0.05, 0) is 31.0 Å². The van der Waals surface area contributed by atoms with Crippen molar-refractivity contribution in [1.29, 1.82) is 0 Å². The lowest BCUT2D eigenvalue weighted by Crippen LogP contribution is -2.45. The maximum Gasteiger partial charge on any atom is 0.255 e. The fourth-order valence-electron chi connectivity index (χ4n) is 1.62. The standard InChI is InChI=1S/C15H22N2O4/c1-9(2)8-16-14(19)10(3)17-15(20)12-7-11(21-4)5-6-13(12)18/h5-7,9-10,18H,8H2,1-4H3,(H,16,19)(H,17,20). The van der Waals surface area contributed by atoms with Gasteiger partial charge in [-0.25, -0.2) is 0 Å². The van der Waals surface area contributed by atoms with Crippen LogP contribution in [0.15, 0.2) is 18.2 Å². The smallest absolute Gasteiger partial charge is 0.255 e. The van der Waals surface area contributed by atoms with Gasteiger partial charge in [0, 0.05) is 6.54 Å². The van der Waals surface area contributed by atoms with Gasteiger partial charge in [0.1, 0.15) is 17.5 Å². The lowest BCUT2D eigenvalue weighted by Gasteiger charge is -2.16. The summed E-state index contributed by atoms with van der Waals surface area (Å²) in [5.74, 6) is -0.171. The summed E-state index contributed by atoms with van der Waals surface area (Å²) in [7, 11) is 1.47. The number of rotatable bonds is 6. The summed E-state index contributed by atoms with van der Waals surface area (Å²) in [6.45, 7) is 6.10. The van der Waals surface area contributed by atoms with Gasteiger partial charge in [0.2, 0.25) is 5.91 Å². The van der Waals surface area contributed by atoms with Crippen molar-refractivity contribution in [3.05, 3.63) is 23.8 Å². The molecule has 2 amide bonds. The lowest BCUT2D eigenvalue weighted by molar-refractivity contribution is -0.122. The maximum atomic E-state index is 12.1. The highest BCUT2D eigenvalue weighted by Crippen LogP contribution is 2.22. The molecule has 6 heteroatoms. The van der Waals surface area contributed by atoms with Crippen molar-refractivity contribution in [3.63, 3.8) is 0 Å². The number of amides is 2. The number of methoxy groups -OCH3 is 1. The predicted molar refractivity (Wildman–Crippen MR) is 79.4 cm³/mol. The maximum absolute atomic E-state index is 12.1. The normalized spacial score (nSPS) is 11.9. The fourth-order valence-corrected chi connectivity index (χ4v) is 1.62. The number of carbonyl (C=O) groups is 2. The SMILES string of the molecule is COc1ccc(O)c(C(=O)NC(C)C(=O)NCC(C)C)c1. The number of phenols is 1. The van der Waals surface area contributed by atoms with Gasteiger partial charge >= 0.3 is 0 Å². The summed E-state index contributed by atoms with van der Waals surface area (Å²) in [6, 6.07) is 3.65. The predicted octanol–water partition coefficient (Wildman–Crippen LogP) is 1.29. The van der Waals surface area contributed by atoms with E-state index in [1.807, 2.05) is 13.8 Å². The third-order valence-corrected chi connectivity index (χ3v) is 2.87. The van der Waals surface area contributed by atoms with Gasteiger partial charge in [-0.3, -0.25) is 9.59 Å². The van der Waals surface area contributed by atoms with Crippen molar-refractivity contribution in [3.8, 4) is 11.5 Å². The molecule has 116 valence electrons. The quantitative estimate of drug-likeness (QED) is 0.738. The van der Waals surface area contributed by atoms with Crippen molar-refractivity contribution in [2.75, 3.05) is 13.7 Å². The Labute approximate surface area is 124 Å². The van der Waals surface area contributed by atoms with Gasteiger partial charge in [0.05, 0.1) is 12.7 Å². The van der Waals surface area contributed by atoms with Crippen molar-refractivity contribution in [2.45, 2.75) is 26.8 Å². The monoisotopic (exact) mass is 294 g/mol. The lowest BCUT2D eigenvalue weighted by atomic mass is 10.1. The number of hydrogen-bond acceptors (Lipinski definition) is 4. The van der Waals surface area contributed by atoms with Crippen molar-refractivity contribution in [1.82, 2.24) is 10.6 Å². The first kappa shape index (κ1) is 16.8. The van der Waals surface area contributed by atoms with E-state index in [4.69, 9.17) is 4.74 Å². The summed E-state index contributed by atoms with van der Waals surface area (Å²) < 4.78 is 5.01. The molecule has 0 bridgehead atoms. The Morgan fingerprint density at radius 2 is 1.95 bits per heavy atom. The van der Waals surface area contributed by atoms with Gasteiger partial charge in [-0.2, -0.15) is 0 Å². The molecule has 6 nitrogen and oxygen atoms in total. The Bertz CT molecular complexity index is 514. The highest BCUT2D eigenvalue weighted by Gasteiger charge is 2.19. The molecule has 0 aliphatic rings. The van der Waals surface area contributed by atoms with Crippen LogP contribution in [0, 0.1) is 5.92 Å².